The van der Waals surface area contributed by atoms with Gasteiger partial charge >= 0.3 is 0 Å². The molecule has 0 aliphatic carbocycles. The molecule has 0 unspecified atom stereocenters. The molecule has 0 saturated heterocycles. The summed E-state index contributed by atoms with van der Waals surface area (Å²) in [4.78, 5) is 0. The Morgan fingerprint density at radius 3 is 1.40 bits per heavy atom. The molecular formula is C22H17O2P. The number of hydrogen-bond donors (Lipinski definition) is 0. The molecule has 122 valence electrons. The third-order valence-corrected chi connectivity index (χ3v) is 6.46. The predicted octanol–water partition coefficient (Wildman–Crippen LogP) is 5.70. The van der Waals surface area contributed by atoms with Gasteiger partial charge in [-0.2, -0.15) is 0 Å². The molecule has 1 heterocycles. The summed E-state index contributed by atoms with van der Waals surface area (Å²) in [6, 6.07) is 29.2. The molecule has 0 spiro atoms. The molecule has 0 aromatic heterocycles. The van der Waals surface area contributed by atoms with Gasteiger partial charge in [-0.05, 0) is 0 Å². The highest BCUT2D eigenvalue weighted by atomic mass is 31.2. The van der Waals surface area contributed by atoms with E-state index in [1.165, 1.54) is 0 Å². The van der Waals surface area contributed by atoms with E-state index in [1.807, 2.05) is 91.0 Å². The molecule has 0 atom stereocenters. The van der Waals surface area contributed by atoms with Crippen LogP contribution in [0.25, 0.3) is 11.5 Å². The van der Waals surface area contributed by atoms with Crippen LogP contribution in [0, 0.1) is 0 Å². The molecule has 3 heteroatoms. The fourth-order valence-corrected chi connectivity index (χ4v) is 4.95. The molecular weight excluding hydrogens is 327 g/mol. The van der Waals surface area contributed by atoms with Crippen LogP contribution in [0.1, 0.15) is 11.1 Å². The first-order valence-electron chi connectivity index (χ1n) is 8.14. The number of benzene rings is 3. The van der Waals surface area contributed by atoms with Crippen LogP contribution in [-0.4, -0.2) is 0 Å². The minimum Gasteiger partial charge on any atom is -0.456 e. The highest BCUT2D eigenvalue weighted by molar-refractivity contribution is 7.77. The number of rotatable bonds is 3. The number of hydrogen-bond acceptors (Lipinski definition) is 2. The zero-order valence-corrected chi connectivity index (χ0v) is 14.5. The van der Waals surface area contributed by atoms with Crippen molar-refractivity contribution in [3.8, 4) is 0 Å². The van der Waals surface area contributed by atoms with Gasteiger partial charge in [-0.3, -0.25) is 0 Å². The Kier molecular flexibility index (Phi) is 4.13. The fraction of sp³-hybridized carbons (Fsp3) is 0. The van der Waals surface area contributed by atoms with Crippen molar-refractivity contribution in [1.82, 2.24) is 0 Å². The van der Waals surface area contributed by atoms with Crippen molar-refractivity contribution in [3.63, 3.8) is 0 Å². The second kappa shape index (κ2) is 6.58. The summed E-state index contributed by atoms with van der Waals surface area (Å²) in [5.41, 5.74) is 1.83. The molecule has 0 saturated carbocycles. The van der Waals surface area contributed by atoms with Gasteiger partial charge in [0, 0.05) is 28.1 Å². The van der Waals surface area contributed by atoms with Crippen molar-refractivity contribution in [3.05, 3.63) is 114 Å². The minimum absolute atomic E-state index is 0.633. The van der Waals surface area contributed by atoms with Crippen LogP contribution < -0.4 is 5.30 Å². The third kappa shape index (κ3) is 3.22. The second-order valence-corrected chi connectivity index (χ2v) is 8.32. The zero-order chi connectivity index (χ0) is 17.1. The normalized spacial score (nSPS) is 15.7. The standard InChI is InChI=1S/C22H17O2P/c23-25(20-14-8-3-9-15-20)16-21(18-10-4-1-5-11-18)24-22(17-25)19-12-6-2-7-13-19/h1-17H. The number of ether oxygens (including phenoxy) is 1. The maximum absolute atomic E-state index is 13.8. The molecule has 0 bridgehead atoms. The van der Waals surface area contributed by atoms with E-state index in [2.05, 4.69) is 0 Å². The highest BCUT2D eigenvalue weighted by Gasteiger charge is 2.28. The predicted molar refractivity (Wildman–Crippen MR) is 104 cm³/mol. The first-order valence-corrected chi connectivity index (χ1v) is 9.99. The average molecular weight is 344 g/mol. The molecule has 0 radical (unpaired) electrons. The Bertz CT molecular complexity index is 915. The van der Waals surface area contributed by atoms with Gasteiger partial charge < -0.3 is 9.30 Å². The van der Waals surface area contributed by atoms with Crippen LogP contribution in [0.5, 0.6) is 0 Å². The first kappa shape index (κ1) is 15.7. The van der Waals surface area contributed by atoms with Gasteiger partial charge in [-0.15, -0.1) is 0 Å². The monoisotopic (exact) mass is 344 g/mol. The molecule has 1 aliphatic heterocycles. The molecule has 0 fully saturated rings. The first-order chi connectivity index (χ1) is 12.2. The van der Waals surface area contributed by atoms with E-state index < -0.39 is 7.14 Å². The van der Waals surface area contributed by atoms with Crippen LogP contribution in [0.3, 0.4) is 0 Å². The van der Waals surface area contributed by atoms with Gasteiger partial charge in [-0.25, -0.2) is 0 Å². The van der Waals surface area contributed by atoms with Crippen LogP contribution in [0.2, 0.25) is 0 Å². The van der Waals surface area contributed by atoms with Crippen molar-refractivity contribution >= 4 is 24.0 Å². The van der Waals surface area contributed by atoms with Gasteiger partial charge in [-0.1, -0.05) is 91.0 Å². The van der Waals surface area contributed by atoms with Crippen molar-refractivity contribution in [2.75, 3.05) is 0 Å². The molecule has 4 rings (SSSR count). The highest BCUT2D eigenvalue weighted by Crippen LogP contribution is 2.55. The summed E-state index contributed by atoms with van der Waals surface area (Å²) in [5, 5.41) is 0.806. The third-order valence-electron chi connectivity index (χ3n) is 4.11. The van der Waals surface area contributed by atoms with E-state index in [-0.39, 0.29) is 0 Å². The lowest BCUT2D eigenvalue weighted by Crippen LogP contribution is -2.06. The van der Waals surface area contributed by atoms with Crippen LogP contribution in [0.15, 0.2) is 103 Å². The van der Waals surface area contributed by atoms with E-state index >= 15 is 0 Å². The van der Waals surface area contributed by atoms with Gasteiger partial charge in [0.2, 0.25) is 0 Å². The topological polar surface area (TPSA) is 26.3 Å². The smallest absolute Gasteiger partial charge is 0.164 e. The molecule has 0 amide bonds. The van der Waals surface area contributed by atoms with Crippen molar-refractivity contribution < 1.29 is 9.30 Å². The SMILES string of the molecule is O=P1(c2ccccc2)C=C(c2ccccc2)OC(c2ccccc2)=C1. The van der Waals surface area contributed by atoms with Gasteiger partial charge in [0.05, 0.1) is 0 Å². The lowest BCUT2D eigenvalue weighted by Gasteiger charge is -2.23. The van der Waals surface area contributed by atoms with E-state index in [0.717, 1.165) is 16.4 Å². The molecule has 3 aromatic rings. The van der Waals surface area contributed by atoms with Crippen LogP contribution in [-0.2, 0) is 9.30 Å². The summed E-state index contributed by atoms with van der Waals surface area (Å²) < 4.78 is 19.9. The lowest BCUT2D eigenvalue weighted by atomic mass is 10.2. The Labute approximate surface area is 147 Å². The second-order valence-electron chi connectivity index (χ2n) is 5.87. The van der Waals surface area contributed by atoms with Crippen molar-refractivity contribution in [1.29, 1.82) is 0 Å². The summed E-state index contributed by atoms with van der Waals surface area (Å²) in [6.07, 6.45) is 0. The quantitative estimate of drug-likeness (QED) is 0.570. The Balaban J connectivity index is 1.87. The Hall–Kier alpha value is -2.83. The van der Waals surface area contributed by atoms with E-state index in [9.17, 15) is 4.57 Å². The minimum atomic E-state index is -2.86. The summed E-state index contributed by atoms with van der Waals surface area (Å²) in [6.45, 7) is 0. The lowest BCUT2D eigenvalue weighted by molar-refractivity contribution is 0.469. The largest absolute Gasteiger partial charge is 0.456 e. The Morgan fingerprint density at radius 2 is 0.960 bits per heavy atom. The zero-order valence-electron chi connectivity index (χ0n) is 13.6. The fourth-order valence-electron chi connectivity index (χ4n) is 2.84. The summed E-state index contributed by atoms with van der Waals surface area (Å²) in [7, 11) is -2.86. The maximum atomic E-state index is 13.8. The van der Waals surface area contributed by atoms with Gasteiger partial charge in [0.1, 0.15) is 11.5 Å². The summed E-state index contributed by atoms with van der Waals surface area (Å²) in [5.74, 6) is 4.80. The van der Waals surface area contributed by atoms with Crippen molar-refractivity contribution in [2.24, 2.45) is 0 Å². The van der Waals surface area contributed by atoms with E-state index in [0.29, 0.717) is 11.5 Å². The van der Waals surface area contributed by atoms with Gasteiger partial charge in [0.25, 0.3) is 0 Å². The van der Waals surface area contributed by atoms with Gasteiger partial charge in [0.15, 0.2) is 7.14 Å². The average Bonchev–Trinajstić information content (AvgIpc) is 2.70. The molecule has 2 nitrogen and oxygen atoms in total. The molecule has 25 heavy (non-hydrogen) atoms. The molecule has 3 aromatic carbocycles. The molecule has 1 aliphatic rings. The van der Waals surface area contributed by atoms with Crippen LogP contribution >= 0.6 is 7.14 Å². The van der Waals surface area contributed by atoms with Crippen LogP contribution in [0.4, 0.5) is 0 Å². The van der Waals surface area contributed by atoms with E-state index in [1.54, 1.807) is 11.6 Å². The molecule has 0 N–H and O–H groups in total. The maximum Gasteiger partial charge on any atom is 0.164 e. The van der Waals surface area contributed by atoms with E-state index in [4.69, 9.17) is 4.74 Å². The Morgan fingerprint density at radius 1 is 0.560 bits per heavy atom. The summed E-state index contributed by atoms with van der Waals surface area (Å²) >= 11 is 0. The van der Waals surface area contributed by atoms with Crippen molar-refractivity contribution in [2.45, 2.75) is 0 Å².